The third-order valence-corrected chi connectivity index (χ3v) is 3.93. The number of para-hydroxylation sites is 2. The fraction of sp³-hybridized carbons (Fsp3) is 0.111. The van der Waals surface area contributed by atoms with Gasteiger partial charge in [-0.1, -0.05) is 48.0 Å². The minimum atomic E-state index is -0.00521. The largest absolute Gasteiger partial charge is 0.279 e. The molecular formula is C18H16ClN3O. The molecule has 0 fully saturated rings. The van der Waals surface area contributed by atoms with Crippen LogP contribution in [-0.4, -0.2) is 12.1 Å². The summed E-state index contributed by atoms with van der Waals surface area (Å²) in [5.41, 5.74) is 5.45. The molecule has 0 atom stereocenters. The maximum Gasteiger partial charge on any atom is 0.232 e. The molecule has 0 radical (unpaired) electrons. The lowest BCUT2D eigenvalue weighted by molar-refractivity contribution is -0.118. The second kappa shape index (κ2) is 7.11. The zero-order chi connectivity index (χ0) is 16.1. The highest BCUT2D eigenvalue weighted by atomic mass is 35.5. The first-order valence-electron chi connectivity index (χ1n) is 7.36. The van der Waals surface area contributed by atoms with E-state index in [-0.39, 0.29) is 5.91 Å². The van der Waals surface area contributed by atoms with E-state index < -0.39 is 0 Å². The van der Waals surface area contributed by atoms with Crippen LogP contribution in [0.1, 0.15) is 12.8 Å². The number of nitrogens with zero attached hydrogens (tertiary/aromatic N) is 2. The average molecular weight is 326 g/mol. The van der Waals surface area contributed by atoms with Gasteiger partial charge in [0.1, 0.15) is 5.16 Å². The number of carbonyl (C=O) groups excluding carboxylic acids is 1. The van der Waals surface area contributed by atoms with E-state index in [2.05, 4.69) is 10.5 Å². The Labute approximate surface area is 140 Å². The molecule has 0 unspecified atom stereocenters. The van der Waals surface area contributed by atoms with E-state index in [0.717, 1.165) is 16.9 Å². The highest BCUT2D eigenvalue weighted by molar-refractivity contribution is 6.35. The summed E-state index contributed by atoms with van der Waals surface area (Å²) in [6.45, 7) is 0. The molecule has 2 aromatic carbocycles. The van der Waals surface area contributed by atoms with E-state index in [1.165, 1.54) is 4.90 Å². The van der Waals surface area contributed by atoms with Crippen molar-refractivity contribution in [1.82, 2.24) is 0 Å². The fourth-order valence-corrected chi connectivity index (χ4v) is 2.69. The maximum atomic E-state index is 12.2. The Morgan fingerprint density at radius 2 is 1.65 bits per heavy atom. The summed E-state index contributed by atoms with van der Waals surface area (Å²) >= 11 is 6.43. The summed E-state index contributed by atoms with van der Waals surface area (Å²) in [4.78, 5) is 13.7. The molecule has 0 saturated carbocycles. The van der Waals surface area contributed by atoms with Crippen molar-refractivity contribution >= 4 is 35.1 Å². The van der Waals surface area contributed by atoms with E-state index in [1.807, 2.05) is 60.7 Å². The fourth-order valence-electron chi connectivity index (χ4n) is 2.36. The zero-order valence-electron chi connectivity index (χ0n) is 12.4. The molecule has 2 aromatic rings. The van der Waals surface area contributed by atoms with Gasteiger partial charge in [-0.15, -0.1) is 0 Å². The average Bonchev–Trinajstić information content (AvgIpc) is 2.59. The molecule has 0 aromatic heterocycles. The molecule has 1 N–H and O–H groups in total. The third kappa shape index (κ3) is 3.60. The van der Waals surface area contributed by atoms with Gasteiger partial charge in [0, 0.05) is 17.7 Å². The van der Waals surface area contributed by atoms with Crippen molar-refractivity contribution in [3.8, 4) is 0 Å². The highest BCUT2D eigenvalue weighted by Gasteiger charge is 2.26. The lowest BCUT2D eigenvalue weighted by Gasteiger charge is -2.27. The van der Waals surface area contributed by atoms with Gasteiger partial charge in [0.05, 0.1) is 11.9 Å². The number of rotatable bonds is 4. The number of carbonyl (C=O) groups is 1. The van der Waals surface area contributed by atoms with Crippen LogP contribution in [0.5, 0.6) is 0 Å². The van der Waals surface area contributed by atoms with Crippen LogP contribution in [0, 0.1) is 0 Å². The Kier molecular flexibility index (Phi) is 4.74. The van der Waals surface area contributed by atoms with Gasteiger partial charge < -0.3 is 0 Å². The number of hydrogen-bond donors (Lipinski definition) is 1. The first kappa shape index (κ1) is 15.3. The van der Waals surface area contributed by atoms with Crippen molar-refractivity contribution in [2.24, 2.45) is 5.10 Å². The molecule has 1 heterocycles. The monoisotopic (exact) mass is 325 g/mol. The number of hydrogen-bond acceptors (Lipinski definition) is 3. The molecule has 1 aliphatic rings. The van der Waals surface area contributed by atoms with Gasteiger partial charge >= 0.3 is 0 Å². The number of anilines is 2. The van der Waals surface area contributed by atoms with Crippen molar-refractivity contribution in [1.29, 1.82) is 0 Å². The van der Waals surface area contributed by atoms with E-state index in [1.54, 1.807) is 6.21 Å². The van der Waals surface area contributed by atoms with Crippen LogP contribution in [0.15, 0.2) is 76.5 Å². The molecule has 116 valence electrons. The topological polar surface area (TPSA) is 44.7 Å². The Hall–Kier alpha value is -2.59. The minimum Gasteiger partial charge on any atom is -0.279 e. The number of allylic oxidation sites excluding steroid dienone is 1. The van der Waals surface area contributed by atoms with E-state index in [4.69, 9.17) is 11.6 Å². The molecule has 0 bridgehead atoms. The van der Waals surface area contributed by atoms with Gasteiger partial charge in [0.15, 0.2) is 0 Å². The predicted octanol–water partition coefficient (Wildman–Crippen LogP) is 4.36. The summed E-state index contributed by atoms with van der Waals surface area (Å²) < 4.78 is 0. The van der Waals surface area contributed by atoms with E-state index in [9.17, 15) is 4.79 Å². The summed E-state index contributed by atoms with van der Waals surface area (Å²) in [6, 6.07) is 19.0. The number of amides is 1. The van der Waals surface area contributed by atoms with Crippen LogP contribution in [0.3, 0.4) is 0 Å². The summed E-state index contributed by atoms with van der Waals surface area (Å²) in [5.74, 6) is -0.00521. The molecule has 5 heteroatoms. The van der Waals surface area contributed by atoms with Crippen LogP contribution in [-0.2, 0) is 4.79 Å². The lowest BCUT2D eigenvalue weighted by Crippen LogP contribution is -2.32. The van der Waals surface area contributed by atoms with Crippen LogP contribution in [0.25, 0.3) is 0 Å². The normalized spacial score (nSPS) is 15.3. The Morgan fingerprint density at radius 1 is 1.00 bits per heavy atom. The molecule has 3 rings (SSSR count). The van der Waals surface area contributed by atoms with Crippen LogP contribution >= 0.6 is 11.6 Å². The van der Waals surface area contributed by atoms with Crippen LogP contribution < -0.4 is 10.3 Å². The summed E-state index contributed by atoms with van der Waals surface area (Å²) in [6.07, 6.45) is 2.68. The van der Waals surface area contributed by atoms with Crippen LogP contribution in [0.2, 0.25) is 0 Å². The SMILES string of the molecule is O=C1CCC(/C=N/Nc2ccccc2)=C(Cl)N1c1ccccc1. The first-order valence-corrected chi connectivity index (χ1v) is 7.74. The quantitative estimate of drug-likeness (QED) is 0.515. The smallest absolute Gasteiger partial charge is 0.232 e. The first-order chi connectivity index (χ1) is 11.3. The van der Waals surface area contributed by atoms with Gasteiger partial charge in [-0.3, -0.25) is 15.1 Å². The molecule has 0 saturated heterocycles. The number of halogens is 1. The second-order valence-electron chi connectivity index (χ2n) is 5.12. The van der Waals surface area contributed by atoms with Crippen molar-refractivity contribution in [3.63, 3.8) is 0 Å². The number of benzene rings is 2. The van der Waals surface area contributed by atoms with Crippen molar-refractivity contribution in [2.45, 2.75) is 12.8 Å². The maximum absolute atomic E-state index is 12.2. The molecule has 0 aliphatic carbocycles. The van der Waals surface area contributed by atoms with Gasteiger partial charge in [0.25, 0.3) is 0 Å². The third-order valence-electron chi connectivity index (χ3n) is 3.52. The molecule has 23 heavy (non-hydrogen) atoms. The standard InChI is InChI=1S/C18H16ClN3O/c19-18-14(13-20-21-15-7-3-1-4-8-15)11-12-17(23)22(18)16-9-5-2-6-10-16/h1-10,13,21H,11-12H2/b20-13+. The lowest BCUT2D eigenvalue weighted by atomic mass is 10.1. The second-order valence-corrected chi connectivity index (χ2v) is 5.47. The van der Waals surface area contributed by atoms with Crippen molar-refractivity contribution in [3.05, 3.63) is 71.4 Å². The molecular weight excluding hydrogens is 310 g/mol. The van der Waals surface area contributed by atoms with Crippen LogP contribution in [0.4, 0.5) is 11.4 Å². The highest BCUT2D eigenvalue weighted by Crippen LogP contribution is 2.30. The van der Waals surface area contributed by atoms with Crippen molar-refractivity contribution < 1.29 is 4.79 Å². The van der Waals surface area contributed by atoms with Crippen molar-refractivity contribution in [2.75, 3.05) is 10.3 Å². The molecule has 0 spiro atoms. The molecule has 1 aliphatic heterocycles. The zero-order valence-corrected chi connectivity index (χ0v) is 13.2. The van der Waals surface area contributed by atoms with E-state index >= 15 is 0 Å². The number of hydrazone groups is 1. The van der Waals surface area contributed by atoms with Gasteiger partial charge in [-0.05, 0) is 30.7 Å². The van der Waals surface area contributed by atoms with E-state index in [0.29, 0.717) is 18.0 Å². The predicted molar refractivity (Wildman–Crippen MR) is 94.6 cm³/mol. The Balaban J connectivity index is 1.80. The van der Waals surface area contributed by atoms with Gasteiger partial charge in [-0.2, -0.15) is 5.10 Å². The summed E-state index contributed by atoms with van der Waals surface area (Å²) in [5, 5.41) is 4.62. The minimum absolute atomic E-state index is 0.00521. The molecule has 1 amide bonds. The van der Waals surface area contributed by atoms with Gasteiger partial charge in [0.2, 0.25) is 5.91 Å². The molecule has 4 nitrogen and oxygen atoms in total. The summed E-state index contributed by atoms with van der Waals surface area (Å²) in [7, 11) is 0. The Bertz CT molecular complexity index is 741. The Morgan fingerprint density at radius 3 is 2.35 bits per heavy atom. The number of nitrogens with one attached hydrogen (secondary N) is 1. The van der Waals surface area contributed by atoms with Gasteiger partial charge in [-0.25, -0.2) is 0 Å².